The molecule has 1 rings (SSSR count). The fourth-order valence-electron chi connectivity index (χ4n) is 2.42. The molecule has 90 valence electrons. The van der Waals surface area contributed by atoms with Crippen molar-refractivity contribution in [2.24, 2.45) is 5.73 Å². The SMILES string of the molecule is CCN(CC1(N)CCC1)C(C)CN(C)C. The Kier molecular flexibility index (Phi) is 4.56. The average molecular weight is 213 g/mol. The summed E-state index contributed by atoms with van der Waals surface area (Å²) in [5.74, 6) is 0. The summed E-state index contributed by atoms with van der Waals surface area (Å²) in [6.07, 6.45) is 3.73. The molecule has 0 aromatic heterocycles. The van der Waals surface area contributed by atoms with Gasteiger partial charge in [0.1, 0.15) is 0 Å². The topological polar surface area (TPSA) is 32.5 Å². The molecule has 1 unspecified atom stereocenters. The summed E-state index contributed by atoms with van der Waals surface area (Å²) in [6.45, 7) is 7.82. The van der Waals surface area contributed by atoms with Crippen LogP contribution in [0.1, 0.15) is 33.1 Å². The second kappa shape index (κ2) is 5.28. The Balaban J connectivity index is 2.40. The lowest BCUT2D eigenvalue weighted by molar-refractivity contribution is 0.106. The number of likely N-dealkylation sites (N-methyl/N-ethyl adjacent to an activating group) is 2. The maximum absolute atomic E-state index is 6.29. The second-order valence-corrected chi connectivity index (χ2v) is 5.39. The molecule has 0 saturated heterocycles. The molecule has 0 aliphatic heterocycles. The van der Waals surface area contributed by atoms with Crippen molar-refractivity contribution in [1.29, 1.82) is 0 Å². The monoisotopic (exact) mass is 213 g/mol. The normalized spacial score (nSPS) is 21.8. The molecule has 0 bridgehead atoms. The number of rotatable bonds is 6. The first kappa shape index (κ1) is 12.9. The minimum atomic E-state index is 0.122. The molecule has 15 heavy (non-hydrogen) atoms. The van der Waals surface area contributed by atoms with Crippen molar-refractivity contribution < 1.29 is 0 Å². The minimum Gasteiger partial charge on any atom is -0.324 e. The maximum atomic E-state index is 6.29. The lowest BCUT2D eigenvalue weighted by Crippen LogP contribution is -2.57. The van der Waals surface area contributed by atoms with Crippen molar-refractivity contribution in [3.63, 3.8) is 0 Å². The van der Waals surface area contributed by atoms with Crippen LogP contribution in [0.25, 0.3) is 0 Å². The van der Waals surface area contributed by atoms with Gasteiger partial charge in [0.2, 0.25) is 0 Å². The van der Waals surface area contributed by atoms with Gasteiger partial charge in [0.15, 0.2) is 0 Å². The fourth-order valence-corrected chi connectivity index (χ4v) is 2.42. The molecule has 3 nitrogen and oxygen atoms in total. The third-order valence-electron chi connectivity index (χ3n) is 3.53. The highest BCUT2D eigenvalue weighted by Crippen LogP contribution is 2.30. The Morgan fingerprint density at radius 2 is 1.93 bits per heavy atom. The van der Waals surface area contributed by atoms with Gasteiger partial charge in [-0.05, 0) is 46.8 Å². The first-order chi connectivity index (χ1) is 6.97. The van der Waals surface area contributed by atoms with Gasteiger partial charge in [-0.1, -0.05) is 6.92 Å². The van der Waals surface area contributed by atoms with Crippen LogP contribution in [-0.4, -0.2) is 55.1 Å². The molecule has 0 radical (unpaired) electrons. The van der Waals surface area contributed by atoms with Gasteiger partial charge in [-0.25, -0.2) is 0 Å². The molecule has 3 heteroatoms. The minimum absolute atomic E-state index is 0.122. The highest BCUT2D eigenvalue weighted by Gasteiger charge is 2.34. The fraction of sp³-hybridized carbons (Fsp3) is 1.00. The molecule has 2 N–H and O–H groups in total. The lowest BCUT2D eigenvalue weighted by atomic mass is 9.77. The largest absolute Gasteiger partial charge is 0.324 e. The van der Waals surface area contributed by atoms with Gasteiger partial charge in [0.05, 0.1) is 0 Å². The van der Waals surface area contributed by atoms with Crippen molar-refractivity contribution in [3.05, 3.63) is 0 Å². The predicted molar refractivity (Wildman–Crippen MR) is 66.0 cm³/mol. The van der Waals surface area contributed by atoms with Crippen molar-refractivity contribution in [1.82, 2.24) is 9.80 Å². The Hall–Kier alpha value is -0.120. The van der Waals surface area contributed by atoms with Gasteiger partial charge >= 0.3 is 0 Å². The zero-order valence-electron chi connectivity index (χ0n) is 10.8. The van der Waals surface area contributed by atoms with Gasteiger partial charge in [0.25, 0.3) is 0 Å². The molecular weight excluding hydrogens is 186 g/mol. The van der Waals surface area contributed by atoms with E-state index >= 15 is 0 Å². The van der Waals surface area contributed by atoms with Crippen molar-refractivity contribution >= 4 is 0 Å². The molecule has 1 atom stereocenters. The number of nitrogens with zero attached hydrogens (tertiary/aromatic N) is 2. The summed E-state index contributed by atoms with van der Waals surface area (Å²) in [5.41, 5.74) is 6.41. The van der Waals surface area contributed by atoms with E-state index in [2.05, 4.69) is 37.7 Å². The zero-order chi connectivity index (χ0) is 11.5. The summed E-state index contributed by atoms with van der Waals surface area (Å²) < 4.78 is 0. The molecule has 0 spiro atoms. The van der Waals surface area contributed by atoms with Crippen molar-refractivity contribution in [2.45, 2.75) is 44.7 Å². The van der Waals surface area contributed by atoms with Crippen molar-refractivity contribution in [3.8, 4) is 0 Å². The number of nitrogens with two attached hydrogens (primary N) is 1. The Morgan fingerprint density at radius 1 is 1.33 bits per heavy atom. The van der Waals surface area contributed by atoms with Crippen LogP contribution in [0, 0.1) is 0 Å². The van der Waals surface area contributed by atoms with Gasteiger partial charge in [-0.15, -0.1) is 0 Å². The Bertz CT molecular complexity index is 187. The third kappa shape index (κ3) is 3.74. The predicted octanol–water partition coefficient (Wildman–Crippen LogP) is 1.14. The van der Waals surface area contributed by atoms with E-state index < -0.39 is 0 Å². The van der Waals surface area contributed by atoms with Gasteiger partial charge in [-0.3, -0.25) is 4.90 Å². The van der Waals surface area contributed by atoms with Crippen LogP contribution < -0.4 is 5.73 Å². The summed E-state index contributed by atoms with van der Waals surface area (Å²) in [4.78, 5) is 4.76. The van der Waals surface area contributed by atoms with Crippen LogP contribution in [0.4, 0.5) is 0 Å². The highest BCUT2D eigenvalue weighted by molar-refractivity contribution is 4.95. The van der Waals surface area contributed by atoms with E-state index in [0.717, 1.165) is 19.6 Å². The molecule has 1 aliphatic carbocycles. The van der Waals surface area contributed by atoms with E-state index in [4.69, 9.17) is 5.73 Å². The van der Waals surface area contributed by atoms with Crippen LogP contribution in [0.3, 0.4) is 0 Å². The standard InChI is InChI=1S/C12H27N3/c1-5-15(11(2)9-14(3)4)10-12(13)7-6-8-12/h11H,5-10,13H2,1-4H3. The van der Waals surface area contributed by atoms with Crippen LogP contribution in [0.5, 0.6) is 0 Å². The molecule has 1 fully saturated rings. The van der Waals surface area contributed by atoms with Crippen LogP contribution in [0.2, 0.25) is 0 Å². The van der Waals surface area contributed by atoms with Gasteiger partial charge in [0, 0.05) is 24.7 Å². The molecule has 0 heterocycles. The number of hydrogen-bond donors (Lipinski definition) is 1. The smallest absolute Gasteiger partial charge is 0.0283 e. The number of hydrogen-bond acceptors (Lipinski definition) is 3. The van der Waals surface area contributed by atoms with E-state index in [-0.39, 0.29) is 5.54 Å². The summed E-state index contributed by atoms with van der Waals surface area (Å²) in [5, 5.41) is 0. The van der Waals surface area contributed by atoms with Crippen LogP contribution in [-0.2, 0) is 0 Å². The van der Waals surface area contributed by atoms with Crippen LogP contribution in [0.15, 0.2) is 0 Å². The molecule has 1 aliphatic rings. The van der Waals surface area contributed by atoms with Gasteiger partial charge < -0.3 is 10.6 Å². The van der Waals surface area contributed by atoms with E-state index in [1.165, 1.54) is 19.3 Å². The molecule has 0 aromatic rings. The quantitative estimate of drug-likeness (QED) is 0.718. The Labute approximate surface area is 94.6 Å². The van der Waals surface area contributed by atoms with E-state index in [0.29, 0.717) is 6.04 Å². The Morgan fingerprint density at radius 3 is 2.27 bits per heavy atom. The average Bonchev–Trinajstić information content (AvgIpc) is 2.10. The lowest BCUT2D eigenvalue weighted by Gasteiger charge is -2.44. The van der Waals surface area contributed by atoms with Gasteiger partial charge in [-0.2, -0.15) is 0 Å². The molecule has 0 amide bonds. The summed E-state index contributed by atoms with van der Waals surface area (Å²) in [7, 11) is 4.26. The highest BCUT2D eigenvalue weighted by atomic mass is 15.2. The van der Waals surface area contributed by atoms with E-state index in [9.17, 15) is 0 Å². The first-order valence-corrected chi connectivity index (χ1v) is 6.14. The van der Waals surface area contributed by atoms with E-state index in [1.54, 1.807) is 0 Å². The summed E-state index contributed by atoms with van der Waals surface area (Å²) in [6, 6.07) is 0.603. The second-order valence-electron chi connectivity index (χ2n) is 5.39. The molecule has 0 aromatic carbocycles. The zero-order valence-corrected chi connectivity index (χ0v) is 10.8. The molecule has 1 saturated carbocycles. The first-order valence-electron chi connectivity index (χ1n) is 6.14. The van der Waals surface area contributed by atoms with Crippen LogP contribution >= 0.6 is 0 Å². The summed E-state index contributed by atoms with van der Waals surface area (Å²) >= 11 is 0. The van der Waals surface area contributed by atoms with E-state index in [1.807, 2.05) is 0 Å². The molecular formula is C12H27N3. The maximum Gasteiger partial charge on any atom is 0.0283 e. The van der Waals surface area contributed by atoms with Crippen molar-refractivity contribution in [2.75, 3.05) is 33.7 Å². The third-order valence-corrected chi connectivity index (χ3v) is 3.53.